The minimum absolute atomic E-state index is 0.0931. The van der Waals surface area contributed by atoms with Crippen molar-refractivity contribution in [3.8, 4) is 0 Å². The summed E-state index contributed by atoms with van der Waals surface area (Å²) >= 11 is 5.46. The lowest BCUT2D eigenvalue weighted by Crippen LogP contribution is -2.01. The Labute approximate surface area is 73.6 Å². The van der Waals surface area contributed by atoms with E-state index in [0.29, 0.717) is 0 Å². The van der Waals surface area contributed by atoms with Gasteiger partial charge in [0.15, 0.2) is 0 Å². The maximum atomic E-state index is 12.9. The lowest BCUT2D eigenvalue weighted by Gasteiger charge is -2.01. The van der Waals surface area contributed by atoms with Crippen LogP contribution in [0.2, 0.25) is 5.02 Å². The molecule has 0 heterocycles. The second-order valence-electron chi connectivity index (χ2n) is 2.37. The average molecular weight is 189 g/mol. The Bertz CT molecular complexity index is 336. The smallest absolute Gasteiger partial charge is 0.336 e. The van der Waals surface area contributed by atoms with Crippen molar-refractivity contribution in [1.29, 1.82) is 0 Å². The van der Waals surface area contributed by atoms with Crippen molar-refractivity contribution < 1.29 is 14.3 Å². The zero-order valence-corrected chi connectivity index (χ0v) is 7.02. The molecule has 0 aliphatic heterocycles. The molecule has 12 heavy (non-hydrogen) atoms. The van der Waals surface area contributed by atoms with Gasteiger partial charge in [0.05, 0.1) is 5.56 Å². The Morgan fingerprint density at radius 3 is 2.67 bits per heavy atom. The highest BCUT2D eigenvalue weighted by molar-refractivity contribution is 6.31. The lowest BCUT2D eigenvalue weighted by atomic mass is 10.1. The average Bonchev–Trinajstić information content (AvgIpc) is 1.96. The second kappa shape index (κ2) is 3.11. The van der Waals surface area contributed by atoms with Crippen LogP contribution in [-0.4, -0.2) is 11.1 Å². The molecule has 64 valence electrons. The van der Waals surface area contributed by atoms with Crippen molar-refractivity contribution >= 4 is 17.6 Å². The van der Waals surface area contributed by atoms with E-state index in [1.54, 1.807) is 0 Å². The predicted molar refractivity (Wildman–Crippen MR) is 43.1 cm³/mol. The molecule has 0 aliphatic carbocycles. The number of benzene rings is 1. The third kappa shape index (κ3) is 1.56. The molecule has 0 spiro atoms. The van der Waals surface area contributed by atoms with Crippen LogP contribution in [-0.2, 0) is 0 Å². The van der Waals surface area contributed by atoms with Crippen molar-refractivity contribution in [2.45, 2.75) is 6.92 Å². The predicted octanol–water partition coefficient (Wildman–Crippen LogP) is 2.49. The fourth-order valence-electron chi connectivity index (χ4n) is 0.868. The lowest BCUT2D eigenvalue weighted by molar-refractivity contribution is 0.0695. The SMILES string of the molecule is Cc1c(F)cc(Cl)cc1C(=O)O. The molecule has 0 saturated carbocycles. The molecule has 1 aromatic carbocycles. The minimum Gasteiger partial charge on any atom is -0.478 e. The van der Waals surface area contributed by atoms with Gasteiger partial charge in [0.2, 0.25) is 0 Å². The fraction of sp³-hybridized carbons (Fsp3) is 0.125. The standard InChI is InChI=1S/C8H6ClFO2/c1-4-6(8(11)12)2-5(9)3-7(4)10/h2-3H,1H3,(H,11,12). The van der Waals surface area contributed by atoms with Gasteiger partial charge < -0.3 is 5.11 Å². The van der Waals surface area contributed by atoms with Gasteiger partial charge in [-0.1, -0.05) is 11.6 Å². The molecule has 0 bridgehead atoms. The number of rotatable bonds is 1. The molecule has 0 aromatic heterocycles. The van der Waals surface area contributed by atoms with Crippen LogP contribution in [0.3, 0.4) is 0 Å². The highest BCUT2D eigenvalue weighted by atomic mass is 35.5. The van der Waals surface area contributed by atoms with Crippen LogP contribution < -0.4 is 0 Å². The fourth-order valence-corrected chi connectivity index (χ4v) is 1.07. The van der Waals surface area contributed by atoms with Gasteiger partial charge in [-0.25, -0.2) is 9.18 Å². The van der Waals surface area contributed by atoms with Gasteiger partial charge in [0, 0.05) is 5.02 Å². The maximum Gasteiger partial charge on any atom is 0.336 e. The topological polar surface area (TPSA) is 37.3 Å². The minimum atomic E-state index is -1.17. The van der Waals surface area contributed by atoms with Crippen LogP contribution in [0.15, 0.2) is 12.1 Å². The Morgan fingerprint density at radius 2 is 2.17 bits per heavy atom. The van der Waals surface area contributed by atoms with Gasteiger partial charge in [-0.2, -0.15) is 0 Å². The van der Waals surface area contributed by atoms with Crippen molar-refractivity contribution in [3.05, 3.63) is 34.1 Å². The van der Waals surface area contributed by atoms with E-state index >= 15 is 0 Å². The van der Waals surface area contributed by atoms with E-state index in [4.69, 9.17) is 16.7 Å². The molecule has 1 aromatic rings. The molecule has 4 heteroatoms. The van der Waals surface area contributed by atoms with Crippen LogP contribution in [0.5, 0.6) is 0 Å². The van der Waals surface area contributed by atoms with Crippen LogP contribution in [0.1, 0.15) is 15.9 Å². The largest absolute Gasteiger partial charge is 0.478 e. The van der Waals surface area contributed by atoms with Gasteiger partial charge in [-0.05, 0) is 24.6 Å². The summed E-state index contributed by atoms with van der Waals surface area (Å²) in [4.78, 5) is 10.5. The van der Waals surface area contributed by atoms with Gasteiger partial charge in [0.1, 0.15) is 5.82 Å². The molecular weight excluding hydrogens is 183 g/mol. The summed E-state index contributed by atoms with van der Waals surface area (Å²) in [7, 11) is 0. The van der Waals surface area contributed by atoms with Crippen LogP contribution in [0, 0.1) is 12.7 Å². The van der Waals surface area contributed by atoms with Crippen LogP contribution in [0.4, 0.5) is 4.39 Å². The molecule has 0 atom stereocenters. The molecule has 1 rings (SSSR count). The molecule has 2 nitrogen and oxygen atoms in total. The van der Waals surface area contributed by atoms with Crippen molar-refractivity contribution in [1.82, 2.24) is 0 Å². The zero-order chi connectivity index (χ0) is 9.30. The van der Waals surface area contributed by atoms with E-state index in [1.165, 1.54) is 13.0 Å². The first kappa shape index (κ1) is 9.00. The first-order valence-electron chi connectivity index (χ1n) is 3.21. The van der Waals surface area contributed by atoms with Crippen LogP contribution in [0.25, 0.3) is 0 Å². The molecule has 0 fully saturated rings. The van der Waals surface area contributed by atoms with E-state index < -0.39 is 11.8 Å². The summed E-state index contributed by atoms with van der Waals surface area (Å²) < 4.78 is 12.9. The number of carboxylic acid groups (broad SMARTS) is 1. The van der Waals surface area contributed by atoms with Gasteiger partial charge >= 0.3 is 5.97 Å². The summed E-state index contributed by atoms with van der Waals surface area (Å²) in [6, 6.07) is 2.31. The van der Waals surface area contributed by atoms with E-state index in [1.807, 2.05) is 0 Å². The Hall–Kier alpha value is -1.09. The van der Waals surface area contributed by atoms with Gasteiger partial charge in [-0.15, -0.1) is 0 Å². The molecule has 0 amide bonds. The molecular formula is C8H6ClFO2. The van der Waals surface area contributed by atoms with Crippen LogP contribution >= 0.6 is 11.6 Å². The van der Waals surface area contributed by atoms with Crippen molar-refractivity contribution in [2.24, 2.45) is 0 Å². The van der Waals surface area contributed by atoms with E-state index in [-0.39, 0.29) is 16.1 Å². The van der Waals surface area contributed by atoms with Gasteiger partial charge in [0.25, 0.3) is 0 Å². The zero-order valence-electron chi connectivity index (χ0n) is 6.27. The second-order valence-corrected chi connectivity index (χ2v) is 2.80. The first-order chi connectivity index (χ1) is 5.52. The maximum absolute atomic E-state index is 12.9. The Kier molecular flexibility index (Phi) is 2.33. The first-order valence-corrected chi connectivity index (χ1v) is 3.59. The molecule has 0 radical (unpaired) electrons. The third-order valence-corrected chi connectivity index (χ3v) is 1.76. The number of halogens is 2. The monoisotopic (exact) mass is 188 g/mol. The third-order valence-electron chi connectivity index (χ3n) is 1.54. The van der Waals surface area contributed by atoms with Gasteiger partial charge in [-0.3, -0.25) is 0 Å². The Balaban J connectivity index is 3.37. The quantitative estimate of drug-likeness (QED) is 0.735. The molecule has 0 aliphatic rings. The summed E-state index contributed by atoms with van der Waals surface area (Å²) in [5.41, 5.74) is 0.00639. The summed E-state index contributed by atoms with van der Waals surface area (Å²) in [6.45, 7) is 1.40. The molecule has 1 N–H and O–H groups in total. The number of hydrogen-bond donors (Lipinski definition) is 1. The van der Waals surface area contributed by atoms with E-state index in [2.05, 4.69) is 0 Å². The number of aromatic carboxylic acids is 1. The molecule has 0 saturated heterocycles. The highest BCUT2D eigenvalue weighted by Crippen LogP contribution is 2.18. The number of carboxylic acids is 1. The number of carbonyl (C=O) groups is 1. The van der Waals surface area contributed by atoms with Crippen molar-refractivity contribution in [3.63, 3.8) is 0 Å². The number of hydrogen-bond acceptors (Lipinski definition) is 1. The van der Waals surface area contributed by atoms with E-state index in [0.717, 1.165) is 6.07 Å². The molecule has 0 unspecified atom stereocenters. The summed E-state index contributed by atoms with van der Waals surface area (Å²) in [5.74, 6) is -1.77. The summed E-state index contributed by atoms with van der Waals surface area (Å²) in [5, 5.41) is 8.68. The highest BCUT2D eigenvalue weighted by Gasteiger charge is 2.11. The van der Waals surface area contributed by atoms with Crippen molar-refractivity contribution in [2.75, 3.05) is 0 Å². The summed E-state index contributed by atoms with van der Waals surface area (Å²) in [6.07, 6.45) is 0. The van der Waals surface area contributed by atoms with E-state index in [9.17, 15) is 9.18 Å². The normalized spacial score (nSPS) is 9.92. The Morgan fingerprint density at radius 1 is 1.58 bits per heavy atom.